The molecule has 0 unspecified atom stereocenters. The van der Waals surface area contributed by atoms with Crippen molar-refractivity contribution in [1.29, 1.82) is 0 Å². The molecule has 0 heterocycles. The van der Waals surface area contributed by atoms with Crippen molar-refractivity contribution in [2.45, 2.75) is 13.8 Å². The molecule has 0 aromatic heterocycles. The van der Waals surface area contributed by atoms with E-state index in [-0.39, 0.29) is 0 Å². The summed E-state index contributed by atoms with van der Waals surface area (Å²) < 4.78 is 0. The molecular formula is C8H14Cl2Ni2. The van der Waals surface area contributed by atoms with Gasteiger partial charge in [0.05, 0.1) is 0 Å². The standard InChI is InChI=1S/2C4H7.2ClH.2Ni/c2*1-3-4-2;;;;/h2*3-4H,1H2,2H3;2*1H;;/q;;;;2*+1/p-2. The van der Waals surface area contributed by atoms with Gasteiger partial charge in [-0.2, -0.15) is 0 Å². The molecule has 0 saturated heterocycles. The molecule has 80 valence electrons. The third-order valence-electron chi connectivity index (χ3n) is 0.471. The fraction of sp³-hybridized carbons (Fsp3) is 0.250. The minimum absolute atomic E-state index is 1.75. The summed E-state index contributed by atoms with van der Waals surface area (Å²) in [5, 5.41) is 0. The van der Waals surface area contributed by atoms with Crippen LogP contribution in [0.1, 0.15) is 13.8 Å². The predicted molar refractivity (Wildman–Crippen MR) is 52.0 cm³/mol. The molecule has 0 aromatic rings. The molecule has 0 aliphatic rings. The van der Waals surface area contributed by atoms with Gasteiger partial charge >= 0.3 is 49.5 Å². The molecule has 0 N–H and O–H groups in total. The van der Waals surface area contributed by atoms with Crippen LogP contribution in [0.2, 0.25) is 0 Å². The summed E-state index contributed by atoms with van der Waals surface area (Å²) in [6.45, 7) is 10.7. The van der Waals surface area contributed by atoms with Crippen molar-refractivity contribution in [3.05, 3.63) is 38.2 Å². The van der Waals surface area contributed by atoms with Crippen LogP contribution in [0.15, 0.2) is 25.3 Å². The average molecular weight is 298 g/mol. The average Bonchev–Trinajstić information content (AvgIpc) is 2.23. The summed E-state index contributed by atoms with van der Waals surface area (Å²) in [5.74, 6) is 0. The first-order valence-corrected chi connectivity index (χ1v) is 5.59. The summed E-state index contributed by atoms with van der Waals surface area (Å²) in [7, 11) is 8.53. The maximum atomic E-state index is 4.26. The summed E-state index contributed by atoms with van der Waals surface area (Å²) in [6, 6.07) is 0. The van der Waals surface area contributed by atoms with Crippen molar-refractivity contribution in [2.24, 2.45) is 0 Å². The van der Waals surface area contributed by atoms with Crippen molar-refractivity contribution in [3.63, 3.8) is 0 Å². The molecule has 2 radical (unpaired) electrons. The van der Waals surface area contributed by atoms with E-state index >= 15 is 0 Å². The van der Waals surface area contributed by atoms with E-state index in [4.69, 9.17) is 0 Å². The number of rotatable bonds is 2. The van der Waals surface area contributed by atoms with Crippen molar-refractivity contribution in [1.82, 2.24) is 0 Å². The molecule has 0 fully saturated rings. The van der Waals surface area contributed by atoms with Gasteiger partial charge in [0.25, 0.3) is 0 Å². The van der Waals surface area contributed by atoms with Gasteiger partial charge in [0, 0.05) is 0 Å². The minimum atomic E-state index is 1.75. The summed E-state index contributed by atoms with van der Waals surface area (Å²) in [6.07, 6.45) is 7.28. The van der Waals surface area contributed by atoms with Gasteiger partial charge in [-0.05, 0) is 12.8 Å². The molecule has 0 aliphatic carbocycles. The normalized spacial score (nSPS) is 5.33. The molecule has 0 nitrogen and oxygen atoms in total. The van der Waals surface area contributed by atoms with Crippen LogP contribution in [0.25, 0.3) is 0 Å². The Morgan fingerprint density at radius 3 is 0.917 bits per heavy atom. The molecule has 12 heavy (non-hydrogen) atoms. The second kappa shape index (κ2) is 57.7. The monoisotopic (exact) mass is 296 g/mol. The topological polar surface area (TPSA) is 0 Å². The quantitative estimate of drug-likeness (QED) is 0.671. The summed E-state index contributed by atoms with van der Waals surface area (Å²) in [4.78, 5) is 0. The van der Waals surface area contributed by atoms with Crippen molar-refractivity contribution in [3.8, 4) is 0 Å². The zero-order chi connectivity index (χ0) is 10.8. The van der Waals surface area contributed by atoms with Crippen molar-refractivity contribution >= 4 is 20.4 Å². The SMILES string of the molecule is C=C[CH]C.C=C[CH]C.[Cl][Ni].[Cl][Ni]. The molecule has 0 rings (SSSR count). The van der Waals surface area contributed by atoms with Gasteiger partial charge < -0.3 is 0 Å². The van der Waals surface area contributed by atoms with Gasteiger partial charge in [-0.3, -0.25) is 0 Å². The van der Waals surface area contributed by atoms with E-state index in [2.05, 4.69) is 62.7 Å². The molecule has 0 atom stereocenters. The second-order valence-electron chi connectivity index (χ2n) is 1.14. The van der Waals surface area contributed by atoms with Gasteiger partial charge in [0.2, 0.25) is 0 Å². The van der Waals surface area contributed by atoms with E-state index < -0.39 is 0 Å². The van der Waals surface area contributed by atoms with Crippen LogP contribution in [0, 0.1) is 12.8 Å². The zero-order valence-electron chi connectivity index (χ0n) is 7.11. The van der Waals surface area contributed by atoms with Gasteiger partial charge in [0.15, 0.2) is 0 Å². The van der Waals surface area contributed by atoms with Crippen LogP contribution in [-0.2, 0) is 29.1 Å². The zero-order valence-corrected chi connectivity index (χ0v) is 10.6. The fourth-order valence-corrected chi connectivity index (χ4v) is 0. The summed E-state index contributed by atoms with van der Waals surface area (Å²) >= 11 is 6.69. The molecular weight excluding hydrogens is 284 g/mol. The molecule has 0 bridgehead atoms. The first-order chi connectivity index (χ1) is 5.83. The number of hydrogen-bond donors (Lipinski definition) is 0. The molecule has 0 aliphatic heterocycles. The van der Waals surface area contributed by atoms with Crippen molar-refractivity contribution < 1.29 is 29.1 Å². The van der Waals surface area contributed by atoms with Crippen LogP contribution in [0.4, 0.5) is 0 Å². The van der Waals surface area contributed by atoms with Gasteiger partial charge in [-0.25, -0.2) is 0 Å². The predicted octanol–water partition coefficient (Wildman–Crippen LogP) is 4.17. The van der Waals surface area contributed by atoms with E-state index in [0.717, 1.165) is 0 Å². The van der Waals surface area contributed by atoms with Crippen LogP contribution >= 0.6 is 20.4 Å². The molecule has 0 saturated carbocycles. The van der Waals surface area contributed by atoms with Crippen LogP contribution in [-0.4, -0.2) is 0 Å². The summed E-state index contributed by atoms with van der Waals surface area (Å²) in [5.41, 5.74) is 0. The van der Waals surface area contributed by atoms with E-state index in [1.807, 2.05) is 26.7 Å². The molecule has 0 aromatic carbocycles. The van der Waals surface area contributed by atoms with E-state index in [1.165, 1.54) is 0 Å². The first kappa shape index (κ1) is 23.1. The Hall–Kier alpha value is 1.05. The molecule has 0 amide bonds. The Kier molecular flexibility index (Phi) is 111. The third kappa shape index (κ3) is 120. The van der Waals surface area contributed by atoms with Crippen LogP contribution in [0.3, 0.4) is 0 Å². The fourth-order valence-electron chi connectivity index (χ4n) is 0. The maximum absolute atomic E-state index is 4.26. The van der Waals surface area contributed by atoms with E-state index in [0.29, 0.717) is 0 Å². The van der Waals surface area contributed by atoms with Crippen LogP contribution < -0.4 is 0 Å². The van der Waals surface area contributed by atoms with Crippen molar-refractivity contribution in [2.75, 3.05) is 0 Å². The van der Waals surface area contributed by atoms with Gasteiger partial charge in [-0.1, -0.05) is 26.0 Å². The Morgan fingerprint density at radius 2 is 0.917 bits per heavy atom. The Balaban J connectivity index is -0.0000000380. The number of hydrogen-bond acceptors (Lipinski definition) is 0. The Bertz CT molecular complexity index is 51.0. The van der Waals surface area contributed by atoms with E-state index in [9.17, 15) is 0 Å². The Morgan fingerprint density at radius 1 is 0.833 bits per heavy atom. The first-order valence-electron chi connectivity index (χ1n) is 2.88. The Labute approximate surface area is 101 Å². The number of halogens is 2. The van der Waals surface area contributed by atoms with Gasteiger partial charge in [-0.15, -0.1) is 13.2 Å². The molecule has 0 spiro atoms. The van der Waals surface area contributed by atoms with Crippen LogP contribution in [0.5, 0.6) is 0 Å². The van der Waals surface area contributed by atoms with Gasteiger partial charge in [0.1, 0.15) is 0 Å². The van der Waals surface area contributed by atoms with E-state index in [1.54, 1.807) is 12.2 Å². The third-order valence-corrected chi connectivity index (χ3v) is 0.471. The number of allylic oxidation sites excluding steroid dienone is 2. The second-order valence-corrected chi connectivity index (χ2v) is 1.14. The molecule has 4 heteroatoms.